The highest BCUT2D eigenvalue weighted by Crippen LogP contribution is 2.09. The number of carbonyl (C=O) groups is 2. The Labute approximate surface area is 152 Å². The summed E-state index contributed by atoms with van der Waals surface area (Å²) in [6, 6.07) is 14.3. The van der Waals surface area contributed by atoms with Crippen LogP contribution >= 0.6 is 11.6 Å². The Bertz CT molecular complexity index is 700. The first-order valence-corrected chi connectivity index (χ1v) is 8.48. The van der Waals surface area contributed by atoms with Crippen LogP contribution < -0.4 is 10.6 Å². The first-order valence-electron chi connectivity index (χ1n) is 8.10. The molecule has 25 heavy (non-hydrogen) atoms. The second kappa shape index (κ2) is 9.69. The first kappa shape index (κ1) is 18.8. The zero-order valence-corrected chi connectivity index (χ0v) is 14.8. The number of nitrogens with one attached hydrogen (secondary N) is 2. The van der Waals surface area contributed by atoms with Crippen molar-refractivity contribution in [1.82, 2.24) is 10.6 Å². The van der Waals surface area contributed by atoms with E-state index in [4.69, 9.17) is 16.3 Å². The van der Waals surface area contributed by atoms with Gasteiger partial charge < -0.3 is 15.4 Å². The maximum Gasteiger partial charge on any atom is 0.338 e. The van der Waals surface area contributed by atoms with Crippen molar-refractivity contribution in [3.63, 3.8) is 0 Å². The van der Waals surface area contributed by atoms with Gasteiger partial charge in [-0.25, -0.2) is 9.59 Å². The van der Waals surface area contributed by atoms with Crippen LogP contribution in [0.3, 0.4) is 0 Å². The molecule has 0 unspecified atom stereocenters. The van der Waals surface area contributed by atoms with E-state index in [9.17, 15) is 9.59 Å². The smallest absolute Gasteiger partial charge is 0.338 e. The Balaban J connectivity index is 1.70. The molecule has 2 N–H and O–H groups in total. The van der Waals surface area contributed by atoms with Gasteiger partial charge >= 0.3 is 12.0 Å². The molecular formula is C19H21ClN2O3. The van der Waals surface area contributed by atoms with Crippen molar-refractivity contribution in [1.29, 1.82) is 0 Å². The number of benzene rings is 2. The third-order valence-corrected chi connectivity index (χ3v) is 3.78. The van der Waals surface area contributed by atoms with E-state index < -0.39 is 0 Å². The van der Waals surface area contributed by atoms with Crippen molar-refractivity contribution in [3.8, 4) is 0 Å². The normalized spacial score (nSPS) is 10.2. The van der Waals surface area contributed by atoms with Gasteiger partial charge in [-0.2, -0.15) is 0 Å². The Hall–Kier alpha value is -2.53. The predicted molar refractivity (Wildman–Crippen MR) is 97.8 cm³/mol. The predicted octanol–water partition coefficient (Wildman–Crippen LogP) is 3.56. The largest absolute Gasteiger partial charge is 0.462 e. The molecular weight excluding hydrogens is 340 g/mol. The lowest BCUT2D eigenvalue weighted by molar-refractivity contribution is 0.0526. The van der Waals surface area contributed by atoms with Gasteiger partial charge in [0.25, 0.3) is 0 Å². The topological polar surface area (TPSA) is 67.4 Å². The number of rotatable bonds is 7. The van der Waals surface area contributed by atoms with Crippen LogP contribution in [0.15, 0.2) is 48.5 Å². The number of hydrogen-bond acceptors (Lipinski definition) is 3. The zero-order chi connectivity index (χ0) is 18.1. The summed E-state index contributed by atoms with van der Waals surface area (Å²) < 4.78 is 4.93. The highest BCUT2D eigenvalue weighted by Gasteiger charge is 2.06. The van der Waals surface area contributed by atoms with Gasteiger partial charge in [-0.1, -0.05) is 35.9 Å². The van der Waals surface area contributed by atoms with Crippen molar-refractivity contribution in [2.45, 2.75) is 19.9 Å². The Morgan fingerprint density at radius 3 is 2.24 bits per heavy atom. The van der Waals surface area contributed by atoms with Gasteiger partial charge in [0.1, 0.15) is 0 Å². The average Bonchev–Trinajstić information content (AvgIpc) is 2.62. The SMILES string of the molecule is CCOC(=O)c1ccc(CNC(=O)NCCc2ccc(Cl)cc2)cc1. The van der Waals surface area contributed by atoms with Gasteiger partial charge in [-0.05, 0) is 48.7 Å². The molecule has 0 radical (unpaired) electrons. The zero-order valence-electron chi connectivity index (χ0n) is 14.0. The van der Waals surface area contributed by atoms with Gasteiger partial charge in [0.15, 0.2) is 0 Å². The van der Waals surface area contributed by atoms with Crippen LogP contribution in [-0.2, 0) is 17.7 Å². The van der Waals surface area contributed by atoms with Crippen LogP contribution in [0.25, 0.3) is 0 Å². The summed E-state index contributed by atoms with van der Waals surface area (Å²) in [5, 5.41) is 6.28. The van der Waals surface area contributed by atoms with E-state index in [1.54, 1.807) is 31.2 Å². The fourth-order valence-electron chi connectivity index (χ4n) is 2.19. The number of amides is 2. The van der Waals surface area contributed by atoms with Crippen molar-refractivity contribution in [2.24, 2.45) is 0 Å². The summed E-state index contributed by atoms with van der Waals surface area (Å²) in [5.74, 6) is -0.345. The number of esters is 1. The Kier molecular flexibility index (Phi) is 7.29. The number of hydrogen-bond donors (Lipinski definition) is 2. The van der Waals surface area contributed by atoms with E-state index in [0.717, 1.165) is 17.5 Å². The van der Waals surface area contributed by atoms with Crippen molar-refractivity contribution >= 4 is 23.6 Å². The first-order chi connectivity index (χ1) is 12.1. The number of halogens is 1. The van der Waals surface area contributed by atoms with Crippen LogP contribution in [0.5, 0.6) is 0 Å². The summed E-state index contributed by atoms with van der Waals surface area (Å²) in [5.41, 5.74) is 2.51. The quantitative estimate of drug-likeness (QED) is 0.742. The summed E-state index contributed by atoms with van der Waals surface area (Å²) in [4.78, 5) is 23.4. The summed E-state index contributed by atoms with van der Waals surface area (Å²) in [6.45, 7) is 3.03. The highest BCUT2D eigenvalue weighted by molar-refractivity contribution is 6.30. The third-order valence-electron chi connectivity index (χ3n) is 3.53. The van der Waals surface area contributed by atoms with Crippen molar-refractivity contribution < 1.29 is 14.3 Å². The molecule has 0 bridgehead atoms. The Morgan fingerprint density at radius 1 is 0.960 bits per heavy atom. The molecule has 0 aromatic heterocycles. The molecule has 6 heteroatoms. The molecule has 0 atom stereocenters. The van der Waals surface area contributed by atoms with Gasteiger partial charge in [0, 0.05) is 18.1 Å². The van der Waals surface area contributed by atoms with Crippen LogP contribution in [0, 0.1) is 0 Å². The molecule has 5 nitrogen and oxygen atoms in total. The molecule has 132 valence electrons. The minimum atomic E-state index is -0.345. The third kappa shape index (κ3) is 6.47. The van der Waals surface area contributed by atoms with Gasteiger partial charge in [-0.15, -0.1) is 0 Å². The second-order valence-electron chi connectivity index (χ2n) is 5.40. The minimum absolute atomic E-state index is 0.233. The van der Waals surface area contributed by atoms with E-state index in [0.29, 0.717) is 30.3 Å². The second-order valence-corrected chi connectivity index (χ2v) is 5.84. The summed E-state index contributed by atoms with van der Waals surface area (Å²) in [6.07, 6.45) is 0.735. The number of carbonyl (C=O) groups excluding carboxylic acids is 2. The summed E-state index contributed by atoms with van der Waals surface area (Å²) in [7, 11) is 0. The van der Waals surface area contributed by atoms with Crippen LogP contribution in [0.1, 0.15) is 28.4 Å². The molecule has 0 aliphatic rings. The van der Waals surface area contributed by atoms with Crippen LogP contribution in [-0.4, -0.2) is 25.2 Å². The van der Waals surface area contributed by atoms with Crippen molar-refractivity contribution in [2.75, 3.05) is 13.2 Å². The molecule has 2 rings (SSSR count). The maximum atomic E-state index is 11.8. The fourth-order valence-corrected chi connectivity index (χ4v) is 2.32. The van der Waals surface area contributed by atoms with Crippen LogP contribution in [0.2, 0.25) is 5.02 Å². The van der Waals surface area contributed by atoms with Crippen LogP contribution in [0.4, 0.5) is 4.79 Å². The molecule has 0 saturated heterocycles. The highest BCUT2D eigenvalue weighted by atomic mass is 35.5. The minimum Gasteiger partial charge on any atom is -0.462 e. The van der Waals surface area contributed by atoms with Gasteiger partial charge in [-0.3, -0.25) is 0 Å². The molecule has 0 aliphatic heterocycles. The monoisotopic (exact) mass is 360 g/mol. The Morgan fingerprint density at radius 2 is 1.60 bits per heavy atom. The van der Waals surface area contributed by atoms with Crippen molar-refractivity contribution in [3.05, 3.63) is 70.2 Å². The lowest BCUT2D eigenvalue weighted by Gasteiger charge is -2.08. The van der Waals surface area contributed by atoms with Gasteiger partial charge in [0.2, 0.25) is 0 Å². The fraction of sp³-hybridized carbons (Fsp3) is 0.263. The number of ether oxygens (including phenoxy) is 1. The molecule has 2 aromatic rings. The lowest BCUT2D eigenvalue weighted by atomic mass is 10.1. The van der Waals surface area contributed by atoms with E-state index in [2.05, 4.69) is 10.6 Å². The molecule has 0 heterocycles. The van der Waals surface area contributed by atoms with Gasteiger partial charge in [0.05, 0.1) is 12.2 Å². The molecule has 2 aromatic carbocycles. The molecule has 2 amide bonds. The average molecular weight is 361 g/mol. The maximum absolute atomic E-state index is 11.8. The molecule has 0 saturated carbocycles. The van der Waals surface area contributed by atoms with E-state index >= 15 is 0 Å². The summed E-state index contributed by atoms with van der Waals surface area (Å²) >= 11 is 5.83. The molecule has 0 fully saturated rings. The number of urea groups is 1. The lowest BCUT2D eigenvalue weighted by Crippen LogP contribution is -2.36. The van der Waals surface area contributed by atoms with E-state index in [1.165, 1.54) is 0 Å². The standard InChI is InChI=1S/C19H21ClN2O3/c1-2-25-18(23)16-7-3-15(4-8-16)13-22-19(24)21-12-11-14-5-9-17(20)10-6-14/h3-10H,2,11-13H2,1H3,(H2,21,22,24). The van der Waals surface area contributed by atoms with E-state index in [1.807, 2.05) is 24.3 Å². The van der Waals surface area contributed by atoms with E-state index in [-0.39, 0.29) is 12.0 Å². The molecule has 0 spiro atoms. The molecule has 0 aliphatic carbocycles.